The Morgan fingerprint density at radius 2 is 1.86 bits per heavy atom. The van der Waals surface area contributed by atoms with Gasteiger partial charge in [-0.2, -0.15) is 0 Å². The van der Waals surface area contributed by atoms with Crippen molar-refractivity contribution >= 4 is 11.6 Å². The summed E-state index contributed by atoms with van der Waals surface area (Å²) in [7, 11) is 1.64. The number of methoxy groups -OCH3 is 1. The van der Waals surface area contributed by atoms with Gasteiger partial charge in [0.1, 0.15) is 5.75 Å². The molecule has 0 aliphatic carbocycles. The van der Waals surface area contributed by atoms with Crippen molar-refractivity contribution in [3.05, 3.63) is 59.7 Å². The van der Waals surface area contributed by atoms with Crippen LogP contribution in [0.25, 0.3) is 0 Å². The number of amides is 1. The van der Waals surface area contributed by atoms with Gasteiger partial charge in [-0.3, -0.25) is 4.79 Å². The average Bonchev–Trinajstić information content (AvgIpc) is 2.53. The van der Waals surface area contributed by atoms with Crippen molar-refractivity contribution < 1.29 is 9.53 Å². The molecule has 0 aliphatic rings. The fourth-order valence-corrected chi connectivity index (χ4v) is 2.32. The number of likely N-dealkylation sites (N-methyl/N-ethyl adjacent to an activating group) is 1. The normalized spacial score (nSPS) is 10.3. The molecule has 22 heavy (non-hydrogen) atoms. The fourth-order valence-electron chi connectivity index (χ4n) is 2.32. The van der Waals surface area contributed by atoms with E-state index in [1.807, 2.05) is 60.4 Å². The van der Waals surface area contributed by atoms with Gasteiger partial charge < -0.3 is 15.4 Å². The minimum Gasteiger partial charge on any atom is -0.497 e. The zero-order chi connectivity index (χ0) is 15.9. The van der Waals surface area contributed by atoms with E-state index in [9.17, 15) is 4.79 Å². The van der Waals surface area contributed by atoms with Crippen LogP contribution in [0.4, 0.5) is 5.69 Å². The number of rotatable bonds is 6. The second kappa shape index (κ2) is 7.50. The van der Waals surface area contributed by atoms with Gasteiger partial charge in [-0.15, -0.1) is 0 Å². The molecule has 0 bridgehead atoms. The Balaban J connectivity index is 2.02. The molecule has 0 spiro atoms. The summed E-state index contributed by atoms with van der Waals surface area (Å²) in [4.78, 5) is 14.3. The predicted octanol–water partition coefficient (Wildman–Crippen LogP) is 2.87. The van der Waals surface area contributed by atoms with E-state index in [0.29, 0.717) is 25.2 Å². The van der Waals surface area contributed by atoms with Crippen molar-refractivity contribution in [3.63, 3.8) is 0 Å². The molecule has 0 unspecified atom stereocenters. The first-order chi connectivity index (χ1) is 10.6. The van der Waals surface area contributed by atoms with Crippen LogP contribution in [0, 0.1) is 0 Å². The van der Waals surface area contributed by atoms with Gasteiger partial charge in [0.25, 0.3) is 0 Å². The van der Waals surface area contributed by atoms with E-state index < -0.39 is 0 Å². The van der Waals surface area contributed by atoms with Crippen LogP contribution in [0.3, 0.4) is 0 Å². The van der Waals surface area contributed by atoms with Crippen LogP contribution >= 0.6 is 0 Å². The van der Waals surface area contributed by atoms with Crippen LogP contribution in [0.5, 0.6) is 5.75 Å². The lowest BCUT2D eigenvalue weighted by atomic mass is 10.1. The predicted molar refractivity (Wildman–Crippen MR) is 88.6 cm³/mol. The lowest BCUT2D eigenvalue weighted by molar-refractivity contribution is -0.130. The number of nitrogens with zero attached hydrogens (tertiary/aromatic N) is 1. The number of ether oxygens (including phenoxy) is 1. The van der Waals surface area contributed by atoms with Crippen LogP contribution < -0.4 is 10.5 Å². The zero-order valence-electron chi connectivity index (χ0n) is 13.1. The Kier molecular flexibility index (Phi) is 5.42. The molecule has 0 saturated carbocycles. The maximum Gasteiger partial charge on any atom is 0.227 e. The number of anilines is 1. The Labute approximate surface area is 131 Å². The van der Waals surface area contributed by atoms with Crippen LogP contribution in [0.15, 0.2) is 48.5 Å². The van der Waals surface area contributed by atoms with E-state index in [2.05, 4.69) is 0 Å². The van der Waals surface area contributed by atoms with Crippen LogP contribution in [-0.4, -0.2) is 24.5 Å². The summed E-state index contributed by atoms with van der Waals surface area (Å²) >= 11 is 0. The van der Waals surface area contributed by atoms with Crippen molar-refractivity contribution in [1.29, 1.82) is 0 Å². The summed E-state index contributed by atoms with van der Waals surface area (Å²) in [6.07, 6.45) is 0.370. The molecule has 0 fully saturated rings. The maximum absolute atomic E-state index is 12.4. The van der Waals surface area contributed by atoms with E-state index in [4.69, 9.17) is 10.5 Å². The van der Waals surface area contributed by atoms with Gasteiger partial charge >= 0.3 is 0 Å². The molecule has 0 radical (unpaired) electrons. The van der Waals surface area contributed by atoms with Gasteiger partial charge in [-0.05, 0) is 42.3 Å². The van der Waals surface area contributed by atoms with Gasteiger partial charge in [-0.25, -0.2) is 0 Å². The maximum atomic E-state index is 12.4. The Hall–Kier alpha value is -2.49. The zero-order valence-corrected chi connectivity index (χ0v) is 13.1. The van der Waals surface area contributed by atoms with Gasteiger partial charge in [-0.1, -0.05) is 24.3 Å². The van der Waals surface area contributed by atoms with Crippen molar-refractivity contribution in [2.75, 3.05) is 19.4 Å². The lowest BCUT2D eigenvalue weighted by Crippen LogP contribution is -2.31. The molecular formula is C18H22N2O2. The fraction of sp³-hybridized carbons (Fsp3) is 0.278. The van der Waals surface area contributed by atoms with E-state index in [0.717, 1.165) is 16.9 Å². The van der Waals surface area contributed by atoms with Gasteiger partial charge in [0.2, 0.25) is 5.91 Å². The molecule has 0 aliphatic heterocycles. The van der Waals surface area contributed by atoms with Crippen LogP contribution in [0.1, 0.15) is 18.1 Å². The summed E-state index contributed by atoms with van der Waals surface area (Å²) < 4.78 is 5.15. The largest absolute Gasteiger partial charge is 0.497 e. The first-order valence-corrected chi connectivity index (χ1v) is 7.37. The summed E-state index contributed by atoms with van der Waals surface area (Å²) in [5.41, 5.74) is 8.47. The first kappa shape index (κ1) is 15.9. The molecule has 0 saturated heterocycles. The monoisotopic (exact) mass is 298 g/mol. The molecule has 1 amide bonds. The molecule has 0 heterocycles. The molecule has 2 aromatic rings. The third-order valence-electron chi connectivity index (χ3n) is 3.57. The molecule has 2 aromatic carbocycles. The SMILES string of the molecule is CCN(Cc1ccc(OC)cc1)C(=O)Cc1cccc(N)c1. The number of carbonyl (C=O) groups is 1. The van der Waals surface area contributed by atoms with Crippen molar-refractivity contribution in [2.45, 2.75) is 19.9 Å². The first-order valence-electron chi connectivity index (χ1n) is 7.37. The quantitative estimate of drug-likeness (QED) is 0.834. The smallest absolute Gasteiger partial charge is 0.227 e. The summed E-state index contributed by atoms with van der Waals surface area (Å²) in [6, 6.07) is 15.2. The topological polar surface area (TPSA) is 55.6 Å². The number of hydrogen-bond donors (Lipinski definition) is 1. The lowest BCUT2D eigenvalue weighted by Gasteiger charge is -2.21. The molecule has 116 valence electrons. The third-order valence-corrected chi connectivity index (χ3v) is 3.57. The second-order valence-electron chi connectivity index (χ2n) is 5.18. The van der Waals surface area contributed by atoms with Crippen molar-refractivity contribution in [2.24, 2.45) is 0 Å². The summed E-state index contributed by atoms with van der Waals surface area (Å²) in [6.45, 7) is 3.26. The van der Waals surface area contributed by atoms with E-state index in [1.165, 1.54) is 0 Å². The molecular weight excluding hydrogens is 276 g/mol. The highest BCUT2D eigenvalue weighted by atomic mass is 16.5. The minimum atomic E-state index is 0.101. The average molecular weight is 298 g/mol. The van der Waals surface area contributed by atoms with Crippen LogP contribution in [-0.2, 0) is 17.8 Å². The van der Waals surface area contributed by atoms with Crippen molar-refractivity contribution in [1.82, 2.24) is 4.90 Å². The summed E-state index contributed by atoms with van der Waals surface area (Å²) in [5, 5.41) is 0. The van der Waals surface area contributed by atoms with Gasteiger partial charge in [0, 0.05) is 18.8 Å². The highest BCUT2D eigenvalue weighted by molar-refractivity contribution is 5.79. The number of nitrogen functional groups attached to an aromatic ring is 1. The number of hydrogen-bond acceptors (Lipinski definition) is 3. The molecule has 0 aromatic heterocycles. The standard InChI is InChI=1S/C18H22N2O2/c1-3-20(13-14-7-9-17(22-2)10-8-14)18(21)12-15-5-4-6-16(19)11-15/h4-11H,3,12-13,19H2,1-2H3. The Morgan fingerprint density at radius 1 is 1.14 bits per heavy atom. The van der Waals surface area contributed by atoms with E-state index >= 15 is 0 Å². The molecule has 2 rings (SSSR count). The minimum absolute atomic E-state index is 0.101. The van der Waals surface area contributed by atoms with Crippen molar-refractivity contribution in [3.8, 4) is 5.75 Å². The van der Waals surface area contributed by atoms with Crippen LogP contribution in [0.2, 0.25) is 0 Å². The Bertz CT molecular complexity index is 623. The molecule has 2 N–H and O–H groups in total. The molecule has 4 nitrogen and oxygen atoms in total. The highest BCUT2D eigenvalue weighted by Crippen LogP contribution is 2.14. The third kappa shape index (κ3) is 4.25. The second-order valence-corrected chi connectivity index (χ2v) is 5.18. The van der Waals surface area contributed by atoms with Gasteiger partial charge in [0.15, 0.2) is 0 Å². The molecule has 0 atom stereocenters. The number of nitrogens with two attached hydrogens (primary N) is 1. The van der Waals surface area contributed by atoms with E-state index in [1.54, 1.807) is 7.11 Å². The summed E-state index contributed by atoms with van der Waals surface area (Å²) in [5.74, 6) is 0.918. The van der Waals surface area contributed by atoms with E-state index in [-0.39, 0.29) is 5.91 Å². The molecule has 4 heteroatoms. The number of benzene rings is 2. The Morgan fingerprint density at radius 3 is 2.45 bits per heavy atom. The van der Waals surface area contributed by atoms with Gasteiger partial charge in [0.05, 0.1) is 13.5 Å². The highest BCUT2D eigenvalue weighted by Gasteiger charge is 2.13. The number of carbonyl (C=O) groups excluding carboxylic acids is 1.